The number of fused-ring (bicyclic) bond motifs is 1. The minimum atomic E-state index is -1.69. The minimum absolute atomic E-state index is 0.355. The van der Waals surface area contributed by atoms with Crippen molar-refractivity contribution in [1.82, 2.24) is 0 Å². The third-order valence-electron chi connectivity index (χ3n) is 6.54. The summed E-state index contributed by atoms with van der Waals surface area (Å²) in [4.78, 5) is 51.3. The van der Waals surface area contributed by atoms with Crippen LogP contribution < -0.4 is 0 Å². The van der Waals surface area contributed by atoms with Crippen LogP contribution in [0.25, 0.3) is 0 Å². The second kappa shape index (κ2) is 8.09. The molecular formula is C21H24O10. The molecule has 0 aromatic carbocycles. The molecular weight excluding hydrogens is 412 g/mol. The average Bonchev–Trinajstić information content (AvgIpc) is 3.44. The highest BCUT2D eigenvalue weighted by Crippen LogP contribution is 2.69. The predicted octanol–water partition coefficient (Wildman–Crippen LogP) is 1.13. The SMILES string of the molecule is COC(=O)C1=C(O)C(C(=O)OC)C2(C3CC=CC3)C(C(=O)OC)=C(O)C(C(=O)OC)C12. The van der Waals surface area contributed by atoms with Crippen molar-refractivity contribution in [1.29, 1.82) is 0 Å². The van der Waals surface area contributed by atoms with Crippen LogP contribution in [0.3, 0.4) is 0 Å². The molecule has 0 saturated carbocycles. The first-order valence-electron chi connectivity index (χ1n) is 9.57. The molecule has 0 bridgehead atoms. The van der Waals surface area contributed by atoms with Gasteiger partial charge in [0, 0.05) is 11.3 Å². The summed E-state index contributed by atoms with van der Waals surface area (Å²) in [5.74, 6) is -10.2. The number of carbonyl (C=O) groups excluding carboxylic acids is 4. The normalized spacial score (nSPS) is 29.7. The second-order valence-electron chi connectivity index (χ2n) is 7.55. The smallest absolute Gasteiger partial charge is 0.337 e. The summed E-state index contributed by atoms with van der Waals surface area (Å²) in [7, 11) is 4.33. The fourth-order valence-electron chi connectivity index (χ4n) is 5.46. The lowest BCUT2D eigenvalue weighted by Crippen LogP contribution is -2.47. The number of ether oxygens (including phenoxy) is 4. The molecule has 168 valence electrons. The summed E-state index contributed by atoms with van der Waals surface area (Å²) in [5.41, 5.74) is -2.43. The molecule has 10 heteroatoms. The molecule has 31 heavy (non-hydrogen) atoms. The van der Waals surface area contributed by atoms with Crippen LogP contribution in [0.5, 0.6) is 0 Å². The topological polar surface area (TPSA) is 146 Å². The highest BCUT2D eigenvalue weighted by Gasteiger charge is 2.73. The maximum atomic E-state index is 12.9. The molecule has 3 aliphatic rings. The molecule has 0 fully saturated rings. The lowest BCUT2D eigenvalue weighted by Gasteiger charge is -2.42. The highest BCUT2D eigenvalue weighted by molar-refractivity contribution is 6.02. The van der Waals surface area contributed by atoms with Crippen molar-refractivity contribution in [3.05, 3.63) is 34.8 Å². The Morgan fingerprint density at radius 2 is 1.39 bits per heavy atom. The van der Waals surface area contributed by atoms with Crippen LogP contribution in [0, 0.1) is 29.1 Å². The summed E-state index contributed by atoms with van der Waals surface area (Å²) < 4.78 is 19.4. The van der Waals surface area contributed by atoms with Gasteiger partial charge in [-0.1, -0.05) is 12.2 Å². The largest absolute Gasteiger partial charge is 0.511 e. The molecule has 3 aliphatic carbocycles. The maximum Gasteiger partial charge on any atom is 0.337 e. The summed E-state index contributed by atoms with van der Waals surface area (Å²) in [6.07, 6.45) is 4.34. The van der Waals surface area contributed by atoms with Gasteiger partial charge in [-0.15, -0.1) is 0 Å². The van der Waals surface area contributed by atoms with Crippen molar-refractivity contribution >= 4 is 23.9 Å². The number of allylic oxidation sites excluding steroid dienone is 2. The molecule has 0 spiro atoms. The standard InChI is InChI=1S/C21H24O10/c1-28-17(24)10-12-11(18(25)29-2)16(23)14(20(27)31-4)21(12,9-7-5-6-8-9)13(15(10)22)19(26)30-3/h5-6,9-10,12,14,22-23H,7-8H2,1-4H3. The third kappa shape index (κ3) is 2.84. The molecule has 0 saturated heterocycles. The van der Waals surface area contributed by atoms with Crippen molar-refractivity contribution in [2.75, 3.05) is 28.4 Å². The van der Waals surface area contributed by atoms with Gasteiger partial charge in [-0.05, 0) is 18.8 Å². The van der Waals surface area contributed by atoms with Gasteiger partial charge >= 0.3 is 23.9 Å². The van der Waals surface area contributed by atoms with Gasteiger partial charge in [0.2, 0.25) is 0 Å². The van der Waals surface area contributed by atoms with E-state index in [-0.39, 0.29) is 11.1 Å². The van der Waals surface area contributed by atoms with Gasteiger partial charge in [-0.3, -0.25) is 9.59 Å². The Morgan fingerprint density at radius 3 is 1.87 bits per heavy atom. The van der Waals surface area contributed by atoms with E-state index in [2.05, 4.69) is 0 Å². The van der Waals surface area contributed by atoms with E-state index in [4.69, 9.17) is 18.9 Å². The van der Waals surface area contributed by atoms with Gasteiger partial charge in [0.25, 0.3) is 0 Å². The summed E-state index contributed by atoms with van der Waals surface area (Å²) in [5, 5.41) is 22.1. The molecule has 0 aromatic rings. The van der Waals surface area contributed by atoms with E-state index < -0.39 is 64.5 Å². The van der Waals surface area contributed by atoms with Gasteiger partial charge in [0.1, 0.15) is 23.4 Å². The Balaban J connectivity index is 2.43. The number of rotatable bonds is 5. The van der Waals surface area contributed by atoms with Gasteiger partial charge in [-0.25, -0.2) is 9.59 Å². The second-order valence-corrected chi connectivity index (χ2v) is 7.55. The monoisotopic (exact) mass is 436 g/mol. The zero-order chi connectivity index (χ0) is 23.1. The molecule has 3 rings (SSSR count). The number of hydrogen-bond donors (Lipinski definition) is 2. The maximum absolute atomic E-state index is 12.9. The Kier molecular flexibility index (Phi) is 5.84. The molecule has 0 radical (unpaired) electrons. The van der Waals surface area contributed by atoms with E-state index in [9.17, 15) is 29.4 Å². The number of methoxy groups -OCH3 is 4. The zero-order valence-electron chi connectivity index (χ0n) is 17.5. The highest BCUT2D eigenvalue weighted by atomic mass is 16.5. The lowest BCUT2D eigenvalue weighted by molar-refractivity contribution is -0.155. The molecule has 4 atom stereocenters. The fourth-order valence-corrected chi connectivity index (χ4v) is 5.46. The number of hydrogen-bond acceptors (Lipinski definition) is 10. The number of carbonyl (C=O) groups is 4. The van der Waals surface area contributed by atoms with E-state index in [1.165, 1.54) is 0 Å². The van der Waals surface area contributed by atoms with Crippen molar-refractivity contribution in [2.45, 2.75) is 12.8 Å². The van der Waals surface area contributed by atoms with Gasteiger partial charge in [0.05, 0.1) is 39.6 Å². The van der Waals surface area contributed by atoms with E-state index in [1.807, 2.05) is 12.2 Å². The van der Waals surface area contributed by atoms with Crippen LogP contribution in [0.1, 0.15) is 12.8 Å². The van der Waals surface area contributed by atoms with Gasteiger partial charge in [0.15, 0.2) is 0 Å². The van der Waals surface area contributed by atoms with E-state index in [0.717, 1.165) is 28.4 Å². The molecule has 10 nitrogen and oxygen atoms in total. The summed E-state index contributed by atoms with van der Waals surface area (Å²) in [6.45, 7) is 0. The summed E-state index contributed by atoms with van der Waals surface area (Å²) >= 11 is 0. The van der Waals surface area contributed by atoms with Crippen molar-refractivity contribution in [2.24, 2.45) is 29.1 Å². The molecule has 0 aliphatic heterocycles. The quantitative estimate of drug-likeness (QED) is 0.365. The number of aliphatic hydroxyl groups is 2. The zero-order valence-corrected chi connectivity index (χ0v) is 17.5. The van der Waals surface area contributed by atoms with Crippen molar-refractivity contribution < 1.29 is 48.3 Å². The van der Waals surface area contributed by atoms with Gasteiger partial charge in [-0.2, -0.15) is 0 Å². The van der Waals surface area contributed by atoms with Crippen LogP contribution >= 0.6 is 0 Å². The van der Waals surface area contributed by atoms with Gasteiger partial charge < -0.3 is 29.2 Å². The Morgan fingerprint density at radius 1 is 0.839 bits per heavy atom. The van der Waals surface area contributed by atoms with Crippen molar-refractivity contribution in [3.63, 3.8) is 0 Å². The fraction of sp³-hybridized carbons (Fsp3) is 0.524. The first-order valence-corrected chi connectivity index (χ1v) is 9.57. The molecule has 0 aromatic heterocycles. The number of aliphatic hydroxyl groups excluding tert-OH is 2. The first-order chi connectivity index (χ1) is 14.7. The lowest BCUT2D eigenvalue weighted by atomic mass is 9.58. The number of esters is 4. The van der Waals surface area contributed by atoms with E-state index in [0.29, 0.717) is 12.8 Å². The first kappa shape index (κ1) is 22.4. The Hall–Kier alpha value is -3.30. The molecule has 0 heterocycles. The molecule has 4 unspecified atom stereocenters. The van der Waals surface area contributed by atoms with Crippen LogP contribution in [0.2, 0.25) is 0 Å². The van der Waals surface area contributed by atoms with Crippen molar-refractivity contribution in [3.8, 4) is 0 Å². The Labute approximate surface area is 178 Å². The Bertz CT molecular complexity index is 918. The third-order valence-corrected chi connectivity index (χ3v) is 6.54. The molecule has 0 amide bonds. The average molecular weight is 436 g/mol. The van der Waals surface area contributed by atoms with Crippen LogP contribution in [-0.4, -0.2) is 62.5 Å². The predicted molar refractivity (Wildman–Crippen MR) is 102 cm³/mol. The summed E-state index contributed by atoms with van der Waals surface area (Å²) in [6, 6.07) is 0. The van der Waals surface area contributed by atoms with Crippen LogP contribution in [-0.2, 0) is 38.1 Å². The van der Waals surface area contributed by atoms with E-state index >= 15 is 0 Å². The molecule has 2 N–H and O–H groups in total. The van der Waals surface area contributed by atoms with Crippen LogP contribution in [0.4, 0.5) is 0 Å². The minimum Gasteiger partial charge on any atom is -0.511 e. The van der Waals surface area contributed by atoms with Crippen LogP contribution in [0.15, 0.2) is 34.8 Å². The van der Waals surface area contributed by atoms with E-state index in [1.54, 1.807) is 0 Å².